The standard InChI is InChI=1S/C14H13BrN2O/c1-10-5-6-13(12(15)8-10)17-14(18)9-11-4-2-3-7-16-11/h2-8H,9H2,1H3,(H,17,18). The van der Waals surface area contributed by atoms with Crippen LogP contribution in [-0.4, -0.2) is 10.9 Å². The number of anilines is 1. The number of carbonyl (C=O) groups is 1. The molecule has 4 heteroatoms. The molecule has 0 atom stereocenters. The van der Waals surface area contributed by atoms with Gasteiger partial charge in [0.15, 0.2) is 0 Å². The van der Waals surface area contributed by atoms with E-state index < -0.39 is 0 Å². The molecule has 1 aromatic heterocycles. The van der Waals surface area contributed by atoms with Gasteiger partial charge in [-0.05, 0) is 52.7 Å². The number of aryl methyl sites for hydroxylation is 1. The van der Waals surface area contributed by atoms with Crippen LogP contribution in [0.1, 0.15) is 11.3 Å². The molecular weight excluding hydrogens is 292 g/mol. The zero-order valence-electron chi connectivity index (χ0n) is 9.98. The second-order valence-electron chi connectivity index (χ2n) is 4.03. The van der Waals surface area contributed by atoms with E-state index in [1.807, 2.05) is 43.3 Å². The van der Waals surface area contributed by atoms with E-state index in [1.165, 1.54) is 0 Å². The van der Waals surface area contributed by atoms with Crippen molar-refractivity contribution in [3.05, 3.63) is 58.3 Å². The molecule has 0 bridgehead atoms. The van der Waals surface area contributed by atoms with Crippen LogP contribution in [0.5, 0.6) is 0 Å². The van der Waals surface area contributed by atoms with Crippen LogP contribution in [0.4, 0.5) is 5.69 Å². The molecule has 3 nitrogen and oxygen atoms in total. The average Bonchev–Trinajstić information content (AvgIpc) is 2.34. The van der Waals surface area contributed by atoms with Crippen LogP contribution in [0.25, 0.3) is 0 Å². The Bertz CT molecular complexity index is 555. The summed E-state index contributed by atoms with van der Waals surface area (Å²) in [6, 6.07) is 11.4. The minimum Gasteiger partial charge on any atom is -0.325 e. The summed E-state index contributed by atoms with van der Waals surface area (Å²) in [6.45, 7) is 2.00. The summed E-state index contributed by atoms with van der Waals surface area (Å²) >= 11 is 3.43. The Morgan fingerprint density at radius 1 is 1.33 bits per heavy atom. The lowest BCUT2D eigenvalue weighted by Crippen LogP contribution is -2.15. The molecule has 1 amide bonds. The molecule has 1 heterocycles. The van der Waals surface area contributed by atoms with Crippen molar-refractivity contribution >= 4 is 27.5 Å². The molecule has 0 saturated carbocycles. The quantitative estimate of drug-likeness (QED) is 0.945. The molecule has 18 heavy (non-hydrogen) atoms. The molecule has 92 valence electrons. The van der Waals surface area contributed by atoms with Crippen molar-refractivity contribution < 1.29 is 4.79 Å². The lowest BCUT2D eigenvalue weighted by atomic mass is 10.2. The number of pyridine rings is 1. The Balaban J connectivity index is 2.03. The van der Waals surface area contributed by atoms with Gasteiger partial charge in [0, 0.05) is 16.4 Å². The van der Waals surface area contributed by atoms with Gasteiger partial charge >= 0.3 is 0 Å². The number of benzene rings is 1. The smallest absolute Gasteiger partial charge is 0.230 e. The highest BCUT2D eigenvalue weighted by Crippen LogP contribution is 2.23. The zero-order chi connectivity index (χ0) is 13.0. The fourth-order valence-corrected chi connectivity index (χ4v) is 2.18. The van der Waals surface area contributed by atoms with E-state index in [9.17, 15) is 4.79 Å². The number of aromatic nitrogens is 1. The lowest BCUT2D eigenvalue weighted by Gasteiger charge is -2.07. The maximum atomic E-state index is 11.8. The van der Waals surface area contributed by atoms with E-state index in [1.54, 1.807) is 6.20 Å². The van der Waals surface area contributed by atoms with Gasteiger partial charge < -0.3 is 5.32 Å². The van der Waals surface area contributed by atoms with Crippen molar-refractivity contribution in [1.82, 2.24) is 4.98 Å². The summed E-state index contributed by atoms with van der Waals surface area (Å²) in [6.07, 6.45) is 1.96. The monoisotopic (exact) mass is 304 g/mol. The number of rotatable bonds is 3. The van der Waals surface area contributed by atoms with E-state index >= 15 is 0 Å². The molecule has 0 fully saturated rings. The maximum absolute atomic E-state index is 11.8. The van der Waals surface area contributed by atoms with Crippen molar-refractivity contribution in [2.75, 3.05) is 5.32 Å². The minimum atomic E-state index is -0.0711. The Hall–Kier alpha value is -1.68. The van der Waals surface area contributed by atoms with Gasteiger partial charge in [0.25, 0.3) is 0 Å². The van der Waals surface area contributed by atoms with E-state index in [2.05, 4.69) is 26.2 Å². The van der Waals surface area contributed by atoms with Crippen LogP contribution < -0.4 is 5.32 Å². The first-order chi connectivity index (χ1) is 8.65. The number of carbonyl (C=O) groups excluding carboxylic acids is 1. The number of hydrogen-bond acceptors (Lipinski definition) is 2. The minimum absolute atomic E-state index is 0.0711. The summed E-state index contributed by atoms with van der Waals surface area (Å²) in [5, 5.41) is 2.86. The van der Waals surface area contributed by atoms with Crippen LogP contribution >= 0.6 is 15.9 Å². The number of hydrogen-bond donors (Lipinski definition) is 1. The van der Waals surface area contributed by atoms with Crippen molar-refractivity contribution in [1.29, 1.82) is 0 Å². The van der Waals surface area contributed by atoms with Crippen LogP contribution in [0.2, 0.25) is 0 Å². The second kappa shape index (κ2) is 5.78. The van der Waals surface area contributed by atoms with Crippen molar-refractivity contribution in [3.8, 4) is 0 Å². The normalized spacial score (nSPS) is 10.1. The molecule has 0 aliphatic rings. The van der Waals surface area contributed by atoms with E-state index in [-0.39, 0.29) is 12.3 Å². The third kappa shape index (κ3) is 3.40. The van der Waals surface area contributed by atoms with Crippen LogP contribution in [0.15, 0.2) is 47.1 Å². The summed E-state index contributed by atoms with van der Waals surface area (Å²) in [4.78, 5) is 16.0. The SMILES string of the molecule is Cc1ccc(NC(=O)Cc2ccccn2)c(Br)c1. The molecule has 0 unspecified atom stereocenters. The Morgan fingerprint density at radius 3 is 2.83 bits per heavy atom. The van der Waals surface area contributed by atoms with Crippen LogP contribution in [0.3, 0.4) is 0 Å². The first-order valence-electron chi connectivity index (χ1n) is 5.61. The van der Waals surface area contributed by atoms with Gasteiger partial charge in [-0.15, -0.1) is 0 Å². The highest BCUT2D eigenvalue weighted by molar-refractivity contribution is 9.10. The molecular formula is C14H13BrN2O. The van der Waals surface area contributed by atoms with Gasteiger partial charge in [-0.25, -0.2) is 0 Å². The Kier molecular flexibility index (Phi) is 4.10. The lowest BCUT2D eigenvalue weighted by molar-refractivity contribution is -0.115. The van der Waals surface area contributed by atoms with Gasteiger partial charge in [-0.1, -0.05) is 12.1 Å². The van der Waals surface area contributed by atoms with Gasteiger partial charge in [0.2, 0.25) is 5.91 Å². The number of nitrogens with one attached hydrogen (secondary N) is 1. The second-order valence-corrected chi connectivity index (χ2v) is 4.88. The predicted octanol–water partition coefficient (Wildman–Crippen LogP) is 3.33. The largest absolute Gasteiger partial charge is 0.325 e. The fourth-order valence-electron chi connectivity index (χ4n) is 1.58. The summed E-state index contributed by atoms with van der Waals surface area (Å²) in [5.74, 6) is -0.0711. The number of nitrogens with zero attached hydrogens (tertiary/aromatic N) is 1. The highest BCUT2D eigenvalue weighted by Gasteiger charge is 2.07. The first-order valence-corrected chi connectivity index (χ1v) is 6.40. The van der Waals surface area contributed by atoms with Gasteiger partial charge in [-0.2, -0.15) is 0 Å². The summed E-state index contributed by atoms with van der Waals surface area (Å²) in [5.41, 5.74) is 2.68. The predicted molar refractivity (Wildman–Crippen MR) is 75.4 cm³/mol. The number of halogens is 1. The van der Waals surface area contributed by atoms with Crippen LogP contribution in [0, 0.1) is 6.92 Å². The fraction of sp³-hybridized carbons (Fsp3) is 0.143. The van der Waals surface area contributed by atoms with E-state index in [4.69, 9.17) is 0 Å². The molecule has 2 aromatic rings. The van der Waals surface area contributed by atoms with Crippen LogP contribution in [-0.2, 0) is 11.2 Å². The van der Waals surface area contributed by atoms with Gasteiger partial charge in [-0.3, -0.25) is 9.78 Å². The summed E-state index contributed by atoms with van der Waals surface area (Å²) in [7, 11) is 0. The van der Waals surface area contributed by atoms with Crippen molar-refractivity contribution in [2.24, 2.45) is 0 Å². The summed E-state index contributed by atoms with van der Waals surface area (Å²) < 4.78 is 0.886. The highest BCUT2D eigenvalue weighted by atomic mass is 79.9. The average molecular weight is 305 g/mol. The molecule has 2 rings (SSSR count). The third-order valence-corrected chi connectivity index (χ3v) is 3.12. The van der Waals surface area contributed by atoms with Gasteiger partial charge in [0.05, 0.1) is 12.1 Å². The van der Waals surface area contributed by atoms with E-state index in [0.29, 0.717) is 0 Å². The molecule has 0 radical (unpaired) electrons. The molecule has 0 spiro atoms. The third-order valence-electron chi connectivity index (χ3n) is 2.47. The molecule has 1 aromatic carbocycles. The maximum Gasteiger partial charge on any atom is 0.230 e. The number of amides is 1. The molecule has 0 saturated heterocycles. The van der Waals surface area contributed by atoms with E-state index in [0.717, 1.165) is 21.4 Å². The zero-order valence-corrected chi connectivity index (χ0v) is 11.6. The van der Waals surface area contributed by atoms with Gasteiger partial charge in [0.1, 0.15) is 0 Å². The Labute approximate surface area is 114 Å². The Morgan fingerprint density at radius 2 is 2.17 bits per heavy atom. The molecule has 0 aliphatic carbocycles. The first kappa shape index (κ1) is 12.8. The topological polar surface area (TPSA) is 42.0 Å². The molecule has 0 aliphatic heterocycles. The van der Waals surface area contributed by atoms with Crippen molar-refractivity contribution in [2.45, 2.75) is 13.3 Å². The molecule has 1 N–H and O–H groups in total. The van der Waals surface area contributed by atoms with Crippen molar-refractivity contribution in [3.63, 3.8) is 0 Å².